The molecule has 2 N–H and O–H groups in total. The van der Waals surface area contributed by atoms with Gasteiger partial charge in [0.15, 0.2) is 6.61 Å². The zero-order valence-electron chi connectivity index (χ0n) is 10.4. The van der Waals surface area contributed by atoms with Gasteiger partial charge in [-0.25, -0.2) is 0 Å². The van der Waals surface area contributed by atoms with Gasteiger partial charge < -0.3 is 9.47 Å². The lowest BCUT2D eigenvalue weighted by molar-refractivity contribution is -0.132. The summed E-state index contributed by atoms with van der Waals surface area (Å²) in [4.78, 5) is 22.5. The highest BCUT2D eigenvalue weighted by Gasteiger charge is 2.05. The normalized spacial score (nSPS) is 9.79. The molecule has 0 aliphatic rings. The topological polar surface area (TPSA) is 76.7 Å². The second kappa shape index (κ2) is 8.34. The molecule has 0 aliphatic carbocycles. The fourth-order valence-corrected chi connectivity index (χ4v) is 1.21. The number of ether oxygens (including phenoxy) is 2. The van der Waals surface area contributed by atoms with Crippen LogP contribution < -0.4 is 15.6 Å². The van der Waals surface area contributed by atoms with Crippen molar-refractivity contribution in [2.24, 2.45) is 0 Å². The van der Waals surface area contributed by atoms with Crippen molar-refractivity contribution in [3.63, 3.8) is 0 Å². The predicted octanol–water partition coefficient (Wildman–Crippen LogP) is 0.903. The van der Waals surface area contributed by atoms with E-state index in [0.717, 1.165) is 0 Å². The molecule has 0 spiro atoms. The van der Waals surface area contributed by atoms with Gasteiger partial charge in [-0.2, -0.15) is 0 Å². The van der Waals surface area contributed by atoms with E-state index < -0.39 is 11.8 Å². The minimum atomic E-state index is -0.472. The third kappa shape index (κ3) is 6.64. The van der Waals surface area contributed by atoms with Crippen LogP contribution in [0.2, 0.25) is 5.02 Å². The highest BCUT2D eigenvalue weighted by molar-refractivity contribution is 6.30. The largest absolute Gasteiger partial charge is 0.484 e. The van der Waals surface area contributed by atoms with Gasteiger partial charge in [-0.3, -0.25) is 20.4 Å². The van der Waals surface area contributed by atoms with Crippen LogP contribution in [0.4, 0.5) is 0 Å². The molecule has 1 aromatic rings. The van der Waals surface area contributed by atoms with E-state index >= 15 is 0 Å². The van der Waals surface area contributed by atoms with Gasteiger partial charge in [0.1, 0.15) is 12.4 Å². The Morgan fingerprint density at radius 1 is 1.11 bits per heavy atom. The van der Waals surface area contributed by atoms with Crippen LogP contribution in [0, 0.1) is 0 Å². The van der Waals surface area contributed by atoms with Crippen molar-refractivity contribution in [2.45, 2.75) is 6.92 Å². The standard InChI is InChI=1S/C12H15ClN2O4/c1-2-18-7-11(16)14-15-12(17)8-19-10-5-3-9(13)4-6-10/h3-6H,2,7-8H2,1H3,(H,14,16)(H,15,17). The van der Waals surface area contributed by atoms with Crippen molar-refractivity contribution in [3.8, 4) is 5.75 Å². The number of halogens is 1. The zero-order valence-corrected chi connectivity index (χ0v) is 11.2. The highest BCUT2D eigenvalue weighted by atomic mass is 35.5. The molecule has 1 aromatic carbocycles. The van der Waals surface area contributed by atoms with E-state index in [4.69, 9.17) is 21.1 Å². The molecule has 0 radical (unpaired) electrons. The molecule has 19 heavy (non-hydrogen) atoms. The van der Waals surface area contributed by atoms with Gasteiger partial charge >= 0.3 is 0 Å². The number of benzene rings is 1. The van der Waals surface area contributed by atoms with Gasteiger partial charge in [0.05, 0.1) is 0 Å². The van der Waals surface area contributed by atoms with Crippen molar-refractivity contribution in [1.29, 1.82) is 0 Å². The second-order valence-corrected chi connectivity index (χ2v) is 3.91. The Hall–Kier alpha value is -1.79. The number of hydrogen-bond donors (Lipinski definition) is 2. The smallest absolute Gasteiger partial charge is 0.276 e. The summed E-state index contributed by atoms with van der Waals surface area (Å²) >= 11 is 5.71. The Morgan fingerprint density at radius 2 is 1.68 bits per heavy atom. The van der Waals surface area contributed by atoms with Crippen LogP contribution in [0.25, 0.3) is 0 Å². The summed E-state index contributed by atoms with van der Waals surface area (Å²) in [5.41, 5.74) is 4.40. The monoisotopic (exact) mass is 286 g/mol. The van der Waals surface area contributed by atoms with Crippen LogP contribution in [0.1, 0.15) is 6.92 Å². The quantitative estimate of drug-likeness (QED) is 0.762. The molecule has 6 nitrogen and oxygen atoms in total. The van der Waals surface area contributed by atoms with Crippen molar-refractivity contribution >= 4 is 23.4 Å². The van der Waals surface area contributed by atoms with Gasteiger partial charge in [0.25, 0.3) is 11.8 Å². The average Bonchev–Trinajstić information content (AvgIpc) is 2.42. The molecule has 0 aliphatic heterocycles. The summed E-state index contributed by atoms with van der Waals surface area (Å²) in [7, 11) is 0. The lowest BCUT2D eigenvalue weighted by Crippen LogP contribution is -2.45. The van der Waals surface area contributed by atoms with E-state index in [9.17, 15) is 9.59 Å². The van der Waals surface area contributed by atoms with Gasteiger partial charge in [-0.05, 0) is 31.2 Å². The first-order chi connectivity index (χ1) is 9.11. The molecule has 2 amide bonds. The summed E-state index contributed by atoms with van der Waals surface area (Å²) in [5.74, 6) is -0.387. The van der Waals surface area contributed by atoms with E-state index in [1.807, 2.05) is 0 Å². The molecule has 0 saturated heterocycles. The maximum Gasteiger partial charge on any atom is 0.276 e. The van der Waals surface area contributed by atoms with Gasteiger partial charge in [0, 0.05) is 11.6 Å². The first kappa shape index (κ1) is 15.3. The maximum absolute atomic E-state index is 11.3. The number of hydrogen-bond acceptors (Lipinski definition) is 4. The van der Waals surface area contributed by atoms with Gasteiger partial charge in [-0.1, -0.05) is 11.6 Å². The number of carbonyl (C=O) groups is 2. The van der Waals surface area contributed by atoms with Gasteiger partial charge in [-0.15, -0.1) is 0 Å². The fourth-order valence-electron chi connectivity index (χ4n) is 1.09. The summed E-state index contributed by atoms with van der Waals surface area (Å²) in [6, 6.07) is 6.59. The van der Waals surface area contributed by atoms with Crippen LogP contribution in [0.15, 0.2) is 24.3 Å². The molecule has 0 bridgehead atoms. The summed E-state index contributed by atoms with van der Waals surface area (Å²) in [6.45, 7) is 1.89. The highest BCUT2D eigenvalue weighted by Crippen LogP contribution is 2.15. The molecule has 7 heteroatoms. The lowest BCUT2D eigenvalue weighted by atomic mass is 10.3. The van der Waals surface area contributed by atoms with Crippen molar-refractivity contribution in [1.82, 2.24) is 10.9 Å². The van der Waals surface area contributed by atoms with Crippen molar-refractivity contribution < 1.29 is 19.1 Å². The zero-order chi connectivity index (χ0) is 14.1. The molecule has 104 valence electrons. The first-order valence-corrected chi connectivity index (χ1v) is 6.03. The number of hydrazine groups is 1. The molecule has 1 rings (SSSR count). The van der Waals surface area contributed by atoms with E-state index in [2.05, 4.69) is 10.9 Å². The number of amides is 2. The van der Waals surface area contributed by atoms with Crippen LogP contribution in [0.3, 0.4) is 0 Å². The Labute approximate surface area is 116 Å². The number of carbonyl (C=O) groups excluding carboxylic acids is 2. The maximum atomic E-state index is 11.3. The summed E-state index contributed by atoms with van der Waals surface area (Å²) in [5, 5.41) is 0.583. The Balaban J connectivity index is 2.21. The van der Waals surface area contributed by atoms with Crippen molar-refractivity contribution in [3.05, 3.63) is 29.3 Å². The minimum absolute atomic E-state index is 0.102. The van der Waals surface area contributed by atoms with Crippen molar-refractivity contribution in [2.75, 3.05) is 19.8 Å². The SMILES string of the molecule is CCOCC(=O)NNC(=O)COc1ccc(Cl)cc1. The van der Waals surface area contributed by atoms with Gasteiger partial charge in [0.2, 0.25) is 0 Å². The number of nitrogens with one attached hydrogen (secondary N) is 2. The molecule has 0 heterocycles. The van der Waals surface area contributed by atoms with Crippen LogP contribution in [0.5, 0.6) is 5.75 Å². The van der Waals surface area contributed by atoms with E-state index in [-0.39, 0.29) is 13.2 Å². The molecule has 0 saturated carbocycles. The third-order valence-corrected chi connectivity index (χ3v) is 2.21. The molecular weight excluding hydrogens is 272 g/mol. The Kier molecular flexibility index (Phi) is 6.70. The third-order valence-electron chi connectivity index (χ3n) is 1.96. The first-order valence-electron chi connectivity index (χ1n) is 5.65. The second-order valence-electron chi connectivity index (χ2n) is 3.48. The summed E-state index contributed by atoms with van der Waals surface area (Å²) < 4.78 is 10.0. The van der Waals surface area contributed by atoms with Crippen LogP contribution >= 0.6 is 11.6 Å². The fraction of sp³-hybridized carbons (Fsp3) is 0.333. The van der Waals surface area contributed by atoms with E-state index in [1.54, 1.807) is 31.2 Å². The number of rotatable bonds is 6. The minimum Gasteiger partial charge on any atom is -0.484 e. The van der Waals surface area contributed by atoms with Crippen LogP contribution in [-0.4, -0.2) is 31.6 Å². The molecule has 0 fully saturated rings. The van der Waals surface area contributed by atoms with E-state index in [1.165, 1.54) is 0 Å². The molecule has 0 aromatic heterocycles. The molecular formula is C12H15ClN2O4. The molecule has 0 atom stereocenters. The average molecular weight is 287 g/mol. The Morgan fingerprint density at radius 3 is 2.26 bits per heavy atom. The molecule has 0 unspecified atom stereocenters. The predicted molar refractivity (Wildman–Crippen MR) is 69.7 cm³/mol. The van der Waals surface area contributed by atoms with Crippen LogP contribution in [-0.2, 0) is 14.3 Å². The van der Waals surface area contributed by atoms with E-state index in [0.29, 0.717) is 17.4 Å². The lowest BCUT2D eigenvalue weighted by Gasteiger charge is -2.08. The summed E-state index contributed by atoms with van der Waals surface area (Å²) in [6.07, 6.45) is 0. The Bertz CT molecular complexity index is 422.